The Labute approximate surface area is 124 Å². The maximum absolute atomic E-state index is 12.2. The summed E-state index contributed by atoms with van der Waals surface area (Å²) in [6.07, 6.45) is 0. The first kappa shape index (κ1) is 15.1. The largest absolute Gasteiger partial charge is 0.497 e. The Morgan fingerprint density at radius 3 is 2.38 bits per heavy atom. The molecule has 0 atom stereocenters. The minimum absolute atomic E-state index is 0.0400. The van der Waals surface area contributed by atoms with Crippen molar-refractivity contribution in [2.24, 2.45) is 5.41 Å². The molecular formula is C16H21N3O2. The molecule has 2 N–H and O–H groups in total. The van der Waals surface area contributed by atoms with Crippen LogP contribution in [-0.4, -0.2) is 23.2 Å². The average molecular weight is 287 g/mol. The Bertz CT molecular complexity index is 637. The zero-order chi connectivity index (χ0) is 15.6. The second-order valence-electron chi connectivity index (χ2n) is 6.00. The third-order valence-corrected chi connectivity index (χ3v) is 3.23. The van der Waals surface area contributed by atoms with Crippen LogP contribution in [-0.2, 0) is 4.79 Å². The summed E-state index contributed by atoms with van der Waals surface area (Å²) in [7, 11) is 1.63. The van der Waals surface area contributed by atoms with Gasteiger partial charge < -0.3 is 10.1 Å². The highest BCUT2D eigenvalue weighted by Gasteiger charge is 2.24. The van der Waals surface area contributed by atoms with Crippen molar-refractivity contribution in [1.29, 1.82) is 0 Å². The zero-order valence-corrected chi connectivity index (χ0v) is 13.1. The van der Waals surface area contributed by atoms with Gasteiger partial charge in [0.25, 0.3) is 0 Å². The number of aromatic nitrogens is 2. The summed E-state index contributed by atoms with van der Waals surface area (Å²) in [5.74, 6) is 0.744. The van der Waals surface area contributed by atoms with Gasteiger partial charge in [-0.3, -0.25) is 9.89 Å². The molecule has 0 bridgehead atoms. The van der Waals surface area contributed by atoms with Crippen LogP contribution in [0.5, 0.6) is 5.75 Å². The van der Waals surface area contributed by atoms with Gasteiger partial charge in [-0.1, -0.05) is 20.8 Å². The molecule has 1 aromatic carbocycles. The normalized spacial score (nSPS) is 11.3. The molecule has 1 heterocycles. The lowest BCUT2D eigenvalue weighted by molar-refractivity contribution is -0.123. The van der Waals surface area contributed by atoms with Crippen LogP contribution < -0.4 is 10.1 Å². The van der Waals surface area contributed by atoms with Crippen LogP contribution in [0.4, 0.5) is 5.69 Å². The van der Waals surface area contributed by atoms with Crippen LogP contribution in [0.1, 0.15) is 26.5 Å². The molecule has 0 saturated carbocycles. The fourth-order valence-electron chi connectivity index (χ4n) is 1.84. The number of methoxy groups -OCH3 is 1. The molecule has 0 radical (unpaired) electrons. The van der Waals surface area contributed by atoms with Gasteiger partial charge in [-0.25, -0.2) is 0 Å². The highest BCUT2D eigenvalue weighted by atomic mass is 16.5. The Morgan fingerprint density at radius 1 is 1.24 bits per heavy atom. The number of hydrogen-bond donors (Lipinski definition) is 2. The third-order valence-electron chi connectivity index (χ3n) is 3.23. The fourth-order valence-corrected chi connectivity index (χ4v) is 1.84. The van der Waals surface area contributed by atoms with Gasteiger partial charge in [0.1, 0.15) is 11.4 Å². The molecule has 5 heteroatoms. The number of aryl methyl sites for hydroxylation is 1. The predicted octanol–water partition coefficient (Wildman–Crippen LogP) is 3.38. The second kappa shape index (κ2) is 5.60. The van der Waals surface area contributed by atoms with E-state index in [9.17, 15) is 4.79 Å². The molecule has 5 nitrogen and oxygen atoms in total. The number of nitrogens with zero attached hydrogens (tertiary/aromatic N) is 1. The number of amides is 1. The van der Waals surface area contributed by atoms with Crippen molar-refractivity contribution in [3.05, 3.63) is 30.0 Å². The fraction of sp³-hybridized carbons (Fsp3) is 0.375. The van der Waals surface area contributed by atoms with Gasteiger partial charge in [0.05, 0.1) is 18.5 Å². The van der Waals surface area contributed by atoms with Gasteiger partial charge >= 0.3 is 0 Å². The first-order valence-electron chi connectivity index (χ1n) is 6.84. The topological polar surface area (TPSA) is 67.0 Å². The van der Waals surface area contributed by atoms with Gasteiger partial charge in [-0.05, 0) is 31.2 Å². The van der Waals surface area contributed by atoms with E-state index in [1.807, 2.05) is 52.0 Å². The number of anilines is 1. The number of aromatic amines is 1. The number of carbonyl (C=O) groups excluding carboxylic acids is 1. The minimum Gasteiger partial charge on any atom is -0.497 e. The Kier molecular flexibility index (Phi) is 4.02. The molecule has 21 heavy (non-hydrogen) atoms. The third kappa shape index (κ3) is 3.24. The van der Waals surface area contributed by atoms with Crippen LogP contribution >= 0.6 is 0 Å². The van der Waals surface area contributed by atoms with Crippen molar-refractivity contribution >= 4 is 11.6 Å². The van der Waals surface area contributed by atoms with Gasteiger partial charge in [0.2, 0.25) is 5.91 Å². The van der Waals surface area contributed by atoms with E-state index < -0.39 is 5.41 Å². The van der Waals surface area contributed by atoms with Crippen molar-refractivity contribution in [2.45, 2.75) is 27.7 Å². The highest BCUT2D eigenvalue weighted by molar-refractivity contribution is 5.98. The van der Waals surface area contributed by atoms with E-state index in [1.54, 1.807) is 7.11 Å². The number of H-pyrrole nitrogens is 1. The molecule has 1 amide bonds. The zero-order valence-electron chi connectivity index (χ0n) is 13.1. The molecule has 0 aliphatic carbocycles. The number of nitrogens with one attached hydrogen (secondary N) is 2. The Balaban J connectivity index is 2.35. The molecule has 0 aliphatic heterocycles. The SMILES string of the molecule is COc1ccc(-c2n[nH]c(C)c2NC(=O)C(C)(C)C)cc1. The molecule has 0 spiro atoms. The molecule has 2 aromatic rings. The van der Waals surface area contributed by atoms with Gasteiger partial charge in [0, 0.05) is 11.0 Å². The van der Waals surface area contributed by atoms with Gasteiger partial charge in [0.15, 0.2) is 0 Å². The minimum atomic E-state index is -0.457. The van der Waals surface area contributed by atoms with Crippen LogP contribution in [0.15, 0.2) is 24.3 Å². The number of carbonyl (C=O) groups is 1. The Morgan fingerprint density at radius 2 is 1.86 bits per heavy atom. The van der Waals surface area contributed by atoms with Gasteiger partial charge in [-0.15, -0.1) is 0 Å². The van der Waals surface area contributed by atoms with Crippen LogP contribution in [0.25, 0.3) is 11.3 Å². The van der Waals surface area contributed by atoms with Crippen molar-refractivity contribution < 1.29 is 9.53 Å². The molecular weight excluding hydrogens is 266 g/mol. The van der Waals surface area contributed by atoms with Gasteiger partial charge in [-0.2, -0.15) is 5.10 Å². The first-order chi connectivity index (χ1) is 9.82. The standard InChI is InChI=1S/C16H21N3O2/c1-10-13(17-15(20)16(2,3)4)14(19-18-10)11-6-8-12(21-5)9-7-11/h6-9H,1-5H3,(H,17,20)(H,18,19). The van der Waals surface area contributed by atoms with Crippen molar-refractivity contribution in [3.63, 3.8) is 0 Å². The number of benzene rings is 1. The maximum Gasteiger partial charge on any atom is 0.229 e. The number of hydrogen-bond acceptors (Lipinski definition) is 3. The van der Waals surface area contributed by atoms with Crippen molar-refractivity contribution in [2.75, 3.05) is 12.4 Å². The van der Waals surface area contributed by atoms with Crippen molar-refractivity contribution in [3.8, 4) is 17.0 Å². The Hall–Kier alpha value is -2.30. The molecule has 0 aliphatic rings. The predicted molar refractivity (Wildman–Crippen MR) is 83.4 cm³/mol. The van der Waals surface area contributed by atoms with E-state index >= 15 is 0 Å². The number of rotatable bonds is 3. The van der Waals surface area contributed by atoms with Crippen LogP contribution in [0.3, 0.4) is 0 Å². The van der Waals surface area contributed by atoms with E-state index in [0.717, 1.165) is 28.4 Å². The summed E-state index contributed by atoms with van der Waals surface area (Å²) in [4.78, 5) is 12.2. The first-order valence-corrected chi connectivity index (χ1v) is 6.84. The molecule has 0 unspecified atom stereocenters. The van der Waals surface area contributed by atoms with E-state index in [4.69, 9.17) is 4.74 Å². The molecule has 112 valence electrons. The lowest BCUT2D eigenvalue weighted by Gasteiger charge is -2.18. The van der Waals surface area contributed by atoms with E-state index in [2.05, 4.69) is 15.5 Å². The van der Waals surface area contributed by atoms with Crippen LogP contribution in [0.2, 0.25) is 0 Å². The van der Waals surface area contributed by atoms with Crippen molar-refractivity contribution in [1.82, 2.24) is 10.2 Å². The quantitative estimate of drug-likeness (QED) is 0.909. The molecule has 1 aromatic heterocycles. The molecule has 0 saturated heterocycles. The van der Waals surface area contributed by atoms with E-state index in [0.29, 0.717) is 0 Å². The molecule has 0 fully saturated rings. The summed E-state index contributed by atoms with van der Waals surface area (Å²) in [6, 6.07) is 7.58. The summed E-state index contributed by atoms with van der Waals surface area (Å²) >= 11 is 0. The smallest absolute Gasteiger partial charge is 0.229 e. The monoisotopic (exact) mass is 287 g/mol. The lowest BCUT2D eigenvalue weighted by atomic mass is 9.95. The second-order valence-corrected chi connectivity index (χ2v) is 6.00. The molecule has 2 rings (SSSR count). The van der Waals surface area contributed by atoms with E-state index in [-0.39, 0.29) is 5.91 Å². The lowest BCUT2D eigenvalue weighted by Crippen LogP contribution is -2.28. The van der Waals surface area contributed by atoms with Crippen LogP contribution in [0, 0.1) is 12.3 Å². The summed E-state index contributed by atoms with van der Waals surface area (Å²) in [5, 5.41) is 10.2. The van der Waals surface area contributed by atoms with E-state index in [1.165, 1.54) is 0 Å². The summed E-state index contributed by atoms with van der Waals surface area (Å²) in [6.45, 7) is 7.53. The maximum atomic E-state index is 12.2. The average Bonchev–Trinajstić information content (AvgIpc) is 2.79. The number of ether oxygens (including phenoxy) is 1. The summed E-state index contributed by atoms with van der Waals surface area (Å²) in [5.41, 5.74) is 2.75. The summed E-state index contributed by atoms with van der Waals surface area (Å²) < 4.78 is 5.15. The highest BCUT2D eigenvalue weighted by Crippen LogP contribution is 2.30.